The first kappa shape index (κ1) is 16.8. The molecule has 2 aliphatic rings. The van der Waals surface area contributed by atoms with Crippen LogP contribution in [0.1, 0.15) is 43.2 Å². The summed E-state index contributed by atoms with van der Waals surface area (Å²) in [4.78, 5) is 22.0. The average Bonchev–Trinajstić information content (AvgIpc) is 3.06. The maximum atomic E-state index is 12.7. The standard InChI is InChI=1S/C20H27N3OS/c1-14-12-15(2)18-17(13-14)25-20(21-18)23-10-8-22(9-11-23)19(24)16-6-4-3-5-7-16/h12-13,16H,3-11H2,1-2H3. The second kappa shape index (κ2) is 6.94. The molecule has 2 heterocycles. The molecule has 4 nitrogen and oxygen atoms in total. The average molecular weight is 358 g/mol. The third-order valence-corrected chi connectivity index (χ3v) is 6.70. The van der Waals surface area contributed by atoms with E-state index in [1.807, 2.05) is 0 Å². The molecule has 0 atom stereocenters. The van der Waals surface area contributed by atoms with Gasteiger partial charge in [-0.2, -0.15) is 0 Å². The van der Waals surface area contributed by atoms with Crippen molar-refractivity contribution in [2.45, 2.75) is 46.0 Å². The van der Waals surface area contributed by atoms with Gasteiger partial charge in [-0.05, 0) is 43.9 Å². The van der Waals surface area contributed by atoms with Crippen molar-refractivity contribution < 1.29 is 4.79 Å². The number of nitrogens with zero attached hydrogens (tertiary/aromatic N) is 3. The third kappa shape index (κ3) is 3.39. The van der Waals surface area contributed by atoms with Crippen molar-refractivity contribution in [3.05, 3.63) is 23.3 Å². The first-order chi connectivity index (χ1) is 12.1. The number of hydrogen-bond acceptors (Lipinski definition) is 4. The molecule has 1 aliphatic carbocycles. The fraction of sp³-hybridized carbons (Fsp3) is 0.600. The number of amides is 1. The number of carbonyl (C=O) groups excluding carboxylic acids is 1. The van der Waals surface area contributed by atoms with Crippen molar-refractivity contribution in [3.8, 4) is 0 Å². The number of hydrogen-bond donors (Lipinski definition) is 0. The predicted octanol–water partition coefficient (Wildman–Crippen LogP) is 4.14. The van der Waals surface area contributed by atoms with E-state index >= 15 is 0 Å². The Hall–Kier alpha value is -1.62. The van der Waals surface area contributed by atoms with Crippen LogP contribution in [-0.2, 0) is 4.79 Å². The zero-order chi connectivity index (χ0) is 17.4. The fourth-order valence-electron chi connectivity index (χ4n) is 4.22. The summed E-state index contributed by atoms with van der Waals surface area (Å²) in [6.45, 7) is 7.75. The topological polar surface area (TPSA) is 36.4 Å². The molecule has 1 aliphatic heterocycles. The van der Waals surface area contributed by atoms with Gasteiger partial charge in [0, 0.05) is 32.1 Å². The Labute approximate surface area is 153 Å². The minimum Gasteiger partial charge on any atom is -0.345 e. The van der Waals surface area contributed by atoms with E-state index in [1.165, 1.54) is 35.1 Å². The van der Waals surface area contributed by atoms with Crippen LogP contribution in [0.3, 0.4) is 0 Å². The van der Waals surface area contributed by atoms with Crippen LogP contribution in [0, 0.1) is 19.8 Å². The number of thiazole rings is 1. The summed E-state index contributed by atoms with van der Waals surface area (Å²) in [5.74, 6) is 0.684. The number of piperazine rings is 1. The number of benzene rings is 1. The van der Waals surface area contributed by atoms with Gasteiger partial charge in [0.15, 0.2) is 5.13 Å². The maximum absolute atomic E-state index is 12.7. The Balaban J connectivity index is 1.43. The lowest BCUT2D eigenvalue weighted by Crippen LogP contribution is -2.50. The van der Waals surface area contributed by atoms with Gasteiger partial charge >= 0.3 is 0 Å². The summed E-state index contributed by atoms with van der Waals surface area (Å²) in [5.41, 5.74) is 3.68. The lowest BCUT2D eigenvalue weighted by molar-refractivity contribution is -0.136. The van der Waals surface area contributed by atoms with Crippen molar-refractivity contribution in [3.63, 3.8) is 0 Å². The van der Waals surface area contributed by atoms with E-state index in [4.69, 9.17) is 4.98 Å². The van der Waals surface area contributed by atoms with E-state index in [0.717, 1.165) is 49.7 Å². The fourth-order valence-corrected chi connectivity index (χ4v) is 5.41. The van der Waals surface area contributed by atoms with Crippen LogP contribution in [0.2, 0.25) is 0 Å². The first-order valence-electron chi connectivity index (χ1n) is 9.53. The van der Waals surface area contributed by atoms with Crippen molar-refractivity contribution in [1.82, 2.24) is 9.88 Å². The zero-order valence-electron chi connectivity index (χ0n) is 15.3. The predicted molar refractivity (Wildman–Crippen MR) is 104 cm³/mol. The van der Waals surface area contributed by atoms with Gasteiger partial charge in [0.25, 0.3) is 0 Å². The quantitative estimate of drug-likeness (QED) is 0.810. The van der Waals surface area contributed by atoms with Gasteiger partial charge in [-0.3, -0.25) is 4.79 Å². The van der Waals surface area contributed by atoms with Crippen molar-refractivity contribution in [2.24, 2.45) is 5.92 Å². The molecule has 0 N–H and O–H groups in total. The summed E-state index contributed by atoms with van der Waals surface area (Å²) in [5, 5.41) is 1.11. The molecule has 0 unspecified atom stereocenters. The molecule has 2 aromatic rings. The molecular formula is C20H27N3OS. The molecule has 4 rings (SSSR count). The van der Waals surface area contributed by atoms with Crippen LogP contribution in [0.5, 0.6) is 0 Å². The van der Waals surface area contributed by atoms with Crippen LogP contribution < -0.4 is 4.90 Å². The molecule has 1 saturated carbocycles. The minimum absolute atomic E-state index is 0.286. The van der Waals surface area contributed by atoms with Crippen LogP contribution in [-0.4, -0.2) is 42.0 Å². The highest BCUT2D eigenvalue weighted by Gasteiger charge is 2.29. The van der Waals surface area contributed by atoms with Crippen molar-refractivity contribution in [1.29, 1.82) is 0 Å². The summed E-state index contributed by atoms with van der Waals surface area (Å²) in [6, 6.07) is 4.43. The molecule has 1 aromatic carbocycles. The molecule has 0 spiro atoms. The summed E-state index contributed by atoms with van der Waals surface area (Å²) < 4.78 is 1.27. The molecule has 0 bridgehead atoms. The van der Waals surface area contributed by atoms with E-state index in [2.05, 4.69) is 35.8 Å². The summed E-state index contributed by atoms with van der Waals surface area (Å²) in [7, 11) is 0. The molecule has 1 amide bonds. The molecule has 25 heavy (non-hydrogen) atoms. The van der Waals surface area contributed by atoms with Crippen molar-refractivity contribution in [2.75, 3.05) is 31.1 Å². The molecule has 2 fully saturated rings. The number of aryl methyl sites for hydroxylation is 2. The zero-order valence-corrected chi connectivity index (χ0v) is 16.1. The largest absolute Gasteiger partial charge is 0.345 e. The molecular weight excluding hydrogens is 330 g/mol. The Kier molecular flexibility index (Phi) is 4.67. The SMILES string of the molecule is Cc1cc(C)c2nc(N3CCN(C(=O)C4CCCCC4)CC3)sc2c1. The Bertz CT molecular complexity index is 771. The molecule has 5 heteroatoms. The van der Waals surface area contributed by atoms with E-state index in [0.29, 0.717) is 5.91 Å². The van der Waals surface area contributed by atoms with Gasteiger partial charge in [-0.25, -0.2) is 4.98 Å². The number of rotatable bonds is 2. The summed E-state index contributed by atoms with van der Waals surface area (Å²) >= 11 is 1.78. The van der Waals surface area contributed by atoms with Gasteiger partial charge < -0.3 is 9.80 Å². The van der Waals surface area contributed by atoms with Crippen LogP contribution in [0.25, 0.3) is 10.2 Å². The van der Waals surface area contributed by atoms with Gasteiger partial charge in [-0.1, -0.05) is 36.7 Å². The summed E-state index contributed by atoms with van der Waals surface area (Å²) in [6.07, 6.45) is 5.93. The molecule has 1 aromatic heterocycles. The molecule has 1 saturated heterocycles. The van der Waals surface area contributed by atoms with Crippen molar-refractivity contribution >= 4 is 32.6 Å². The van der Waals surface area contributed by atoms with E-state index in [9.17, 15) is 4.79 Å². The third-order valence-electron chi connectivity index (χ3n) is 5.63. The lowest BCUT2D eigenvalue weighted by Gasteiger charge is -2.37. The second-order valence-corrected chi connectivity index (χ2v) is 8.58. The van der Waals surface area contributed by atoms with Gasteiger partial charge in [0.2, 0.25) is 5.91 Å². The molecule has 134 valence electrons. The Morgan fingerprint density at radius 1 is 1.08 bits per heavy atom. The highest BCUT2D eigenvalue weighted by Crippen LogP contribution is 2.32. The monoisotopic (exact) mass is 357 g/mol. The number of carbonyl (C=O) groups is 1. The number of fused-ring (bicyclic) bond motifs is 1. The Morgan fingerprint density at radius 3 is 2.52 bits per heavy atom. The van der Waals surface area contributed by atoms with Gasteiger partial charge in [0.05, 0.1) is 10.2 Å². The molecule has 0 radical (unpaired) electrons. The van der Waals surface area contributed by atoms with E-state index < -0.39 is 0 Å². The Morgan fingerprint density at radius 2 is 1.80 bits per heavy atom. The lowest BCUT2D eigenvalue weighted by atomic mass is 9.88. The maximum Gasteiger partial charge on any atom is 0.225 e. The van der Waals surface area contributed by atoms with E-state index in [-0.39, 0.29) is 5.92 Å². The van der Waals surface area contributed by atoms with Crippen LogP contribution in [0.15, 0.2) is 12.1 Å². The highest BCUT2D eigenvalue weighted by molar-refractivity contribution is 7.22. The first-order valence-corrected chi connectivity index (χ1v) is 10.3. The number of anilines is 1. The highest BCUT2D eigenvalue weighted by atomic mass is 32.1. The van der Waals surface area contributed by atoms with Crippen LogP contribution >= 0.6 is 11.3 Å². The smallest absolute Gasteiger partial charge is 0.225 e. The minimum atomic E-state index is 0.286. The van der Waals surface area contributed by atoms with Gasteiger partial charge in [-0.15, -0.1) is 0 Å². The second-order valence-electron chi connectivity index (χ2n) is 7.57. The van der Waals surface area contributed by atoms with Gasteiger partial charge in [0.1, 0.15) is 0 Å². The number of aromatic nitrogens is 1. The van der Waals surface area contributed by atoms with Crippen LogP contribution in [0.4, 0.5) is 5.13 Å². The normalized spacial score (nSPS) is 19.6. The van der Waals surface area contributed by atoms with E-state index in [1.54, 1.807) is 11.3 Å².